The number of carbonyl (C=O) groups excluding carboxylic acids is 1. The molecule has 0 radical (unpaired) electrons. The van der Waals surface area contributed by atoms with E-state index in [9.17, 15) is 36.0 Å². The van der Waals surface area contributed by atoms with Crippen LogP contribution in [0.1, 0.15) is 75.5 Å². The fourth-order valence-corrected chi connectivity index (χ4v) is 9.95. The number of fused-ring (bicyclic) bond motifs is 3. The van der Waals surface area contributed by atoms with Gasteiger partial charge in [0.2, 0.25) is 15.9 Å². The van der Waals surface area contributed by atoms with Crippen molar-refractivity contribution in [3.05, 3.63) is 68.4 Å². The third-order valence-corrected chi connectivity index (χ3v) is 14.2. The molecule has 8 rings (SSSR count). The predicted molar refractivity (Wildman–Crippen MR) is 180 cm³/mol. The van der Waals surface area contributed by atoms with E-state index in [1.165, 1.54) is 24.0 Å². The van der Waals surface area contributed by atoms with Crippen molar-refractivity contribution < 1.29 is 45.0 Å². The first-order valence-electron chi connectivity index (χ1n) is 17.0. The molecule has 5 heterocycles. The summed E-state index contributed by atoms with van der Waals surface area (Å²) in [4.78, 5) is 47.7. The minimum Gasteiger partial charge on any atom is -0.444 e. The van der Waals surface area contributed by atoms with E-state index < -0.39 is 68.6 Å². The average Bonchev–Trinajstić information content (AvgIpc) is 3.89. The Balaban J connectivity index is 1.30. The second kappa shape index (κ2) is 12.6. The maximum Gasteiger partial charge on any atom is 0.387 e. The SMILES string of the molecule is Cc1c(-c2ncco2)sc2c1c(=O)n(C1(C(=O)NS(=O)(=O)C3(C)CC3)CC1)c(=O)n2CC(OC1C[C@H]2CC[C@@H](C1)O2)c1cc(F)ccc1OC(F)F. The molecule has 2 aliphatic carbocycles. The van der Waals surface area contributed by atoms with Crippen molar-refractivity contribution in [2.45, 2.75) is 113 Å². The number of amides is 1. The van der Waals surface area contributed by atoms with Crippen molar-refractivity contribution in [3.8, 4) is 16.5 Å². The second-order valence-corrected chi connectivity index (χ2v) is 17.5. The summed E-state index contributed by atoms with van der Waals surface area (Å²) in [6.07, 6.45) is 4.14. The Morgan fingerprint density at radius 3 is 2.48 bits per heavy atom. The van der Waals surface area contributed by atoms with Crippen LogP contribution in [0.2, 0.25) is 0 Å². The topological polar surface area (TPSA) is 161 Å². The number of aromatic nitrogens is 3. The first kappa shape index (κ1) is 35.1. The first-order chi connectivity index (χ1) is 24.7. The van der Waals surface area contributed by atoms with Crippen LogP contribution in [0.3, 0.4) is 0 Å². The summed E-state index contributed by atoms with van der Waals surface area (Å²) in [7, 11) is -4.13. The largest absolute Gasteiger partial charge is 0.444 e. The van der Waals surface area contributed by atoms with Crippen LogP contribution in [0.4, 0.5) is 13.2 Å². The van der Waals surface area contributed by atoms with Crippen LogP contribution in [-0.2, 0) is 36.4 Å². The summed E-state index contributed by atoms with van der Waals surface area (Å²) in [6, 6.07) is 3.03. The molecule has 4 aromatic rings. The highest BCUT2D eigenvalue weighted by molar-refractivity contribution is 7.91. The highest BCUT2D eigenvalue weighted by atomic mass is 32.2. The number of nitrogens with zero attached hydrogens (tertiary/aromatic N) is 3. The van der Waals surface area contributed by atoms with Gasteiger partial charge < -0.3 is 18.6 Å². The molecule has 2 aliphatic heterocycles. The van der Waals surface area contributed by atoms with E-state index in [1.807, 2.05) is 0 Å². The van der Waals surface area contributed by atoms with Gasteiger partial charge in [0.1, 0.15) is 34.3 Å². The summed E-state index contributed by atoms with van der Waals surface area (Å²) in [5.74, 6) is -1.98. The molecular formula is C34H35F3N4O9S2. The Morgan fingerprint density at radius 2 is 1.87 bits per heavy atom. The molecule has 52 heavy (non-hydrogen) atoms. The standard InChI is InChI=1S/C34H35F3N4O9S2/c1-17-25-28(42)41(34(9-10-34)30(43)39-52(45,46)33(2)7-8-33)32(44)40(29(25)51-26(17)27-38-11-12-47-27)16-24(49-21-14-19-4-5-20(15-21)48-19)22-13-18(35)3-6-23(22)50-31(36)37/h3,6,11-13,19-21,24,31H,4-5,7-10,14-16H2,1-2H3,(H,39,43)/t19-,20+,21?,24?. The van der Waals surface area contributed by atoms with E-state index in [0.717, 1.165) is 46.9 Å². The predicted octanol–water partition coefficient (Wildman–Crippen LogP) is 4.88. The molecule has 4 atom stereocenters. The number of ether oxygens (including phenoxy) is 3. The quantitative estimate of drug-likeness (QED) is 0.211. The van der Waals surface area contributed by atoms with E-state index >= 15 is 0 Å². The van der Waals surface area contributed by atoms with Crippen LogP contribution in [0.15, 0.2) is 44.7 Å². The van der Waals surface area contributed by atoms with Crippen LogP contribution in [0.25, 0.3) is 21.0 Å². The molecule has 2 saturated carbocycles. The number of benzene rings is 1. The molecule has 2 bridgehead atoms. The van der Waals surface area contributed by atoms with Crippen molar-refractivity contribution >= 4 is 37.5 Å². The lowest BCUT2D eigenvalue weighted by Gasteiger charge is -2.32. The van der Waals surface area contributed by atoms with Crippen LogP contribution in [-0.4, -0.2) is 58.1 Å². The van der Waals surface area contributed by atoms with Crippen molar-refractivity contribution in [2.75, 3.05) is 0 Å². The third kappa shape index (κ3) is 5.96. The second-order valence-electron chi connectivity index (χ2n) is 14.3. The number of aryl methyl sites for hydroxylation is 1. The van der Waals surface area contributed by atoms with Crippen LogP contribution in [0.5, 0.6) is 5.75 Å². The average molecular weight is 765 g/mol. The van der Waals surface area contributed by atoms with Gasteiger partial charge in [0.05, 0.1) is 46.1 Å². The summed E-state index contributed by atoms with van der Waals surface area (Å²) in [5.41, 5.74) is -3.32. The molecule has 13 nitrogen and oxygen atoms in total. The molecule has 18 heteroatoms. The molecule has 0 spiro atoms. The molecule has 1 amide bonds. The zero-order chi connectivity index (χ0) is 36.7. The summed E-state index contributed by atoms with van der Waals surface area (Å²) in [6.45, 7) is -0.547. The molecule has 2 unspecified atom stereocenters. The number of oxazole rings is 1. The number of thiophene rings is 1. The molecule has 4 fully saturated rings. The maximum absolute atomic E-state index is 14.9. The van der Waals surface area contributed by atoms with Gasteiger partial charge >= 0.3 is 12.3 Å². The van der Waals surface area contributed by atoms with Gasteiger partial charge in [0, 0.05) is 5.56 Å². The number of carbonyl (C=O) groups is 1. The molecule has 4 aliphatic rings. The Kier molecular flexibility index (Phi) is 8.46. The third-order valence-electron chi connectivity index (χ3n) is 10.7. The fourth-order valence-electron chi connectivity index (χ4n) is 7.39. The van der Waals surface area contributed by atoms with Crippen molar-refractivity contribution in [1.82, 2.24) is 18.8 Å². The Hall–Kier alpha value is -4.00. The van der Waals surface area contributed by atoms with Crippen molar-refractivity contribution in [3.63, 3.8) is 0 Å². The van der Waals surface area contributed by atoms with E-state index in [4.69, 9.17) is 18.6 Å². The van der Waals surface area contributed by atoms with Crippen LogP contribution >= 0.6 is 11.3 Å². The Labute approximate surface area is 298 Å². The summed E-state index contributed by atoms with van der Waals surface area (Å²) in [5, 5.41) is 0.0417. The van der Waals surface area contributed by atoms with Gasteiger partial charge in [-0.3, -0.25) is 18.9 Å². The Bertz CT molecular complexity index is 2280. The molecular weight excluding hydrogens is 730 g/mol. The minimum atomic E-state index is -4.13. The number of hydrogen-bond donors (Lipinski definition) is 1. The van der Waals surface area contributed by atoms with E-state index in [-0.39, 0.29) is 52.5 Å². The molecule has 1 aromatic carbocycles. The maximum atomic E-state index is 14.9. The molecule has 3 aromatic heterocycles. The number of alkyl halides is 2. The highest BCUT2D eigenvalue weighted by Gasteiger charge is 2.58. The fraction of sp³-hybridized carbons (Fsp3) is 0.529. The summed E-state index contributed by atoms with van der Waals surface area (Å²) < 4.78 is 94.3. The van der Waals surface area contributed by atoms with Crippen LogP contribution in [0, 0.1) is 12.7 Å². The number of halogens is 3. The first-order valence-corrected chi connectivity index (χ1v) is 19.3. The van der Waals surface area contributed by atoms with Crippen molar-refractivity contribution in [2.24, 2.45) is 0 Å². The van der Waals surface area contributed by atoms with Gasteiger partial charge in [0.15, 0.2) is 0 Å². The normalized spacial score (nSPS) is 23.5. The number of hydrogen-bond acceptors (Lipinski definition) is 11. The van der Waals surface area contributed by atoms with Crippen LogP contribution < -0.4 is 20.7 Å². The van der Waals surface area contributed by atoms with Gasteiger partial charge in [-0.2, -0.15) is 8.78 Å². The molecule has 1 N–H and O–H groups in total. The van der Waals surface area contributed by atoms with Gasteiger partial charge in [-0.1, -0.05) is 0 Å². The number of rotatable bonds is 12. The van der Waals surface area contributed by atoms with E-state index in [1.54, 1.807) is 6.92 Å². The smallest absolute Gasteiger partial charge is 0.387 e. The summed E-state index contributed by atoms with van der Waals surface area (Å²) >= 11 is 1.01. The highest BCUT2D eigenvalue weighted by Crippen LogP contribution is 2.46. The number of sulfonamides is 1. The van der Waals surface area contributed by atoms with E-state index in [0.29, 0.717) is 36.1 Å². The Morgan fingerprint density at radius 1 is 1.15 bits per heavy atom. The van der Waals surface area contributed by atoms with Gasteiger partial charge in [-0.15, -0.1) is 11.3 Å². The van der Waals surface area contributed by atoms with Crippen molar-refractivity contribution in [1.29, 1.82) is 0 Å². The van der Waals surface area contributed by atoms with Gasteiger partial charge in [0.25, 0.3) is 11.5 Å². The van der Waals surface area contributed by atoms with Gasteiger partial charge in [-0.25, -0.2) is 27.2 Å². The lowest BCUT2D eigenvalue weighted by molar-refractivity contribution is -0.124. The lowest BCUT2D eigenvalue weighted by Crippen LogP contribution is -2.53. The zero-order valence-corrected chi connectivity index (χ0v) is 29.7. The lowest BCUT2D eigenvalue weighted by atomic mass is 10.0. The zero-order valence-electron chi connectivity index (χ0n) is 28.1. The molecule has 278 valence electrons. The molecule has 2 saturated heterocycles. The minimum absolute atomic E-state index is 0.00253. The van der Waals surface area contributed by atoms with Gasteiger partial charge in [-0.05, 0) is 89.0 Å². The number of nitrogens with one attached hydrogen (secondary N) is 1. The monoisotopic (exact) mass is 764 g/mol. The van der Waals surface area contributed by atoms with E-state index in [2.05, 4.69) is 9.71 Å².